The molecule has 3 rings (SSSR count). The van der Waals surface area contributed by atoms with Crippen molar-refractivity contribution in [3.8, 4) is 5.69 Å². The summed E-state index contributed by atoms with van der Waals surface area (Å²) in [7, 11) is 0.750. The second-order valence-electron chi connectivity index (χ2n) is 6.45. The summed E-state index contributed by atoms with van der Waals surface area (Å²) in [6.45, 7) is 3.51. The molecule has 29 heavy (non-hydrogen) atoms. The van der Waals surface area contributed by atoms with Crippen LogP contribution in [0.5, 0.6) is 0 Å². The molecule has 0 bridgehead atoms. The average molecular weight is 401 g/mol. The summed E-state index contributed by atoms with van der Waals surface area (Å²) < 4.78 is 41.5. The summed E-state index contributed by atoms with van der Waals surface area (Å²) in [5.41, 5.74) is 1.44. The Kier molecular flexibility index (Phi) is 5.65. The van der Waals surface area contributed by atoms with Gasteiger partial charge in [0.15, 0.2) is 0 Å². The fraction of sp³-hybridized carbons (Fsp3) is 0.158. The molecule has 1 amide bonds. The quantitative estimate of drug-likeness (QED) is 0.570. The van der Waals surface area contributed by atoms with Crippen LogP contribution in [0.4, 0.5) is 24.5 Å². The van der Waals surface area contributed by atoms with Crippen molar-refractivity contribution in [1.29, 1.82) is 0 Å². The van der Waals surface area contributed by atoms with Crippen LogP contribution < -0.4 is 10.5 Å². The summed E-state index contributed by atoms with van der Waals surface area (Å²) in [6.07, 6.45) is -1.66. The Bertz CT molecular complexity index is 1050. The van der Waals surface area contributed by atoms with Gasteiger partial charge in [-0.1, -0.05) is 6.07 Å². The van der Waals surface area contributed by atoms with Crippen LogP contribution in [-0.4, -0.2) is 28.1 Å². The number of alkyl halides is 3. The third-order valence-corrected chi connectivity index (χ3v) is 4.23. The smallest absolute Gasteiger partial charge is 0.433 e. The summed E-state index contributed by atoms with van der Waals surface area (Å²) in [5.74, 6) is -0.697. The van der Waals surface area contributed by atoms with Gasteiger partial charge in [0.25, 0.3) is 5.91 Å². The number of anilines is 2. The first-order valence-electron chi connectivity index (χ1n) is 8.55. The SMILES string of the molecule is Cc1cn(-c2cc(C(=O)Nc3ccc(C)c(N[B]O)c3)cc(C(F)(F)F)c2)cn1. The molecule has 149 valence electrons. The molecule has 0 spiro atoms. The number of amides is 1. The number of aryl methyl sites for hydroxylation is 2. The van der Waals surface area contributed by atoms with E-state index in [0.29, 0.717) is 17.1 Å². The Morgan fingerprint density at radius 1 is 1.17 bits per heavy atom. The van der Waals surface area contributed by atoms with Crippen LogP contribution in [0, 0.1) is 13.8 Å². The maximum atomic E-state index is 13.3. The van der Waals surface area contributed by atoms with Gasteiger partial charge in [-0.2, -0.15) is 13.2 Å². The van der Waals surface area contributed by atoms with Gasteiger partial charge in [0.1, 0.15) is 0 Å². The normalized spacial score (nSPS) is 11.2. The lowest BCUT2D eigenvalue weighted by Crippen LogP contribution is -2.15. The molecule has 0 unspecified atom stereocenters. The zero-order chi connectivity index (χ0) is 21.2. The lowest BCUT2D eigenvalue weighted by atomic mass is 10.1. The van der Waals surface area contributed by atoms with Gasteiger partial charge >= 0.3 is 13.8 Å². The van der Waals surface area contributed by atoms with Crippen LogP contribution >= 0.6 is 0 Å². The number of nitrogens with one attached hydrogen (secondary N) is 2. The van der Waals surface area contributed by atoms with E-state index in [1.54, 1.807) is 38.2 Å². The first kappa shape index (κ1) is 20.5. The van der Waals surface area contributed by atoms with E-state index < -0.39 is 17.6 Å². The minimum atomic E-state index is -4.61. The molecule has 6 nitrogen and oxygen atoms in total. The molecule has 0 aliphatic rings. The lowest BCUT2D eigenvalue weighted by Gasteiger charge is -2.14. The number of aromatic nitrogens is 2. The van der Waals surface area contributed by atoms with Gasteiger partial charge in [0.05, 0.1) is 17.6 Å². The van der Waals surface area contributed by atoms with Gasteiger partial charge in [-0.15, -0.1) is 0 Å². The second-order valence-corrected chi connectivity index (χ2v) is 6.45. The summed E-state index contributed by atoms with van der Waals surface area (Å²) in [4.78, 5) is 16.7. The number of benzene rings is 2. The van der Waals surface area contributed by atoms with E-state index in [2.05, 4.69) is 15.5 Å². The predicted molar refractivity (Wildman–Crippen MR) is 104 cm³/mol. The maximum Gasteiger partial charge on any atom is 0.433 e. The number of halogens is 3. The number of nitrogens with zero attached hydrogens (tertiary/aromatic N) is 2. The van der Waals surface area contributed by atoms with E-state index in [1.165, 1.54) is 17.0 Å². The highest BCUT2D eigenvalue weighted by Gasteiger charge is 2.32. The Hall–Kier alpha value is -3.27. The van der Waals surface area contributed by atoms with Gasteiger partial charge < -0.3 is 20.1 Å². The number of carbonyl (C=O) groups is 1. The number of hydrogen-bond donors (Lipinski definition) is 3. The molecule has 3 aromatic rings. The van der Waals surface area contributed by atoms with E-state index in [-0.39, 0.29) is 11.3 Å². The standard InChI is InChI=1S/C19H17BF3N4O2/c1-11-3-4-15(8-17(11)26-20-29)25-18(28)13-5-14(19(21,22)23)7-16(6-13)27-9-12(2)24-10-27/h3-10,26,29H,1-2H3,(H,25,28). The van der Waals surface area contributed by atoms with E-state index in [4.69, 9.17) is 5.02 Å². The Morgan fingerprint density at radius 2 is 1.93 bits per heavy atom. The van der Waals surface area contributed by atoms with Crippen molar-refractivity contribution in [2.24, 2.45) is 0 Å². The van der Waals surface area contributed by atoms with Crippen molar-refractivity contribution in [2.45, 2.75) is 20.0 Å². The number of imidazole rings is 1. The average Bonchev–Trinajstić information content (AvgIpc) is 3.10. The predicted octanol–water partition coefficient (Wildman–Crippen LogP) is 3.70. The Balaban J connectivity index is 1.96. The first-order valence-corrected chi connectivity index (χ1v) is 8.55. The van der Waals surface area contributed by atoms with Gasteiger partial charge in [0, 0.05) is 28.8 Å². The molecule has 3 N–H and O–H groups in total. The molecular formula is C19H17BF3N4O2. The molecule has 0 aliphatic heterocycles. The fourth-order valence-corrected chi connectivity index (χ4v) is 2.75. The summed E-state index contributed by atoms with van der Waals surface area (Å²) in [6, 6.07) is 8.01. The maximum absolute atomic E-state index is 13.3. The molecule has 0 fully saturated rings. The summed E-state index contributed by atoms with van der Waals surface area (Å²) >= 11 is 0. The second kappa shape index (κ2) is 8.00. The number of carbonyl (C=O) groups excluding carboxylic acids is 1. The molecule has 0 saturated carbocycles. The Labute approximate surface area is 165 Å². The van der Waals surface area contributed by atoms with Crippen molar-refractivity contribution >= 4 is 24.9 Å². The molecule has 0 saturated heterocycles. The van der Waals surface area contributed by atoms with Crippen molar-refractivity contribution in [1.82, 2.24) is 9.55 Å². The largest absolute Gasteiger partial charge is 0.435 e. The third kappa shape index (κ3) is 4.78. The number of rotatable bonds is 5. The molecule has 0 aliphatic carbocycles. The monoisotopic (exact) mass is 401 g/mol. The zero-order valence-electron chi connectivity index (χ0n) is 15.6. The molecule has 0 atom stereocenters. The van der Waals surface area contributed by atoms with E-state index in [9.17, 15) is 18.0 Å². The Morgan fingerprint density at radius 3 is 2.55 bits per heavy atom. The first-order chi connectivity index (χ1) is 13.7. The van der Waals surface area contributed by atoms with Crippen LogP contribution in [0.2, 0.25) is 0 Å². The van der Waals surface area contributed by atoms with Crippen LogP contribution in [0.25, 0.3) is 5.69 Å². The number of hydrogen-bond acceptors (Lipinski definition) is 4. The van der Waals surface area contributed by atoms with Crippen LogP contribution in [0.3, 0.4) is 0 Å². The van der Waals surface area contributed by atoms with Gasteiger partial charge in [-0.3, -0.25) is 4.79 Å². The van der Waals surface area contributed by atoms with E-state index in [1.807, 2.05) is 0 Å². The van der Waals surface area contributed by atoms with Crippen molar-refractivity contribution in [3.05, 3.63) is 71.3 Å². The molecule has 10 heteroatoms. The minimum Gasteiger partial charge on any atom is -0.435 e. The van der Waals surface area contributed by atoms with Crippen LogP contribution in [0.1, 0.15) is 27.2 Å². The van der Waals surface area contributed by atoms with Crippen LogP contribution in [-0.2, 0) is 6.18 Å². The zero-order valence-corrected chi connectivity index (χ0v) is 15.6. The van der Waals surface area contributed by atoms with Gasteiger partial charge in [0.2, 0.25) is 0 Å². The molecule has 1 aromatic heterocycles. The summed E-state index contributed by atoms with van der Waals surface area (Å²) in [5, 5.41) is 14.1. The van der Waals surface area contributed by atoms with Crippen molar-refractivity contribution < 1.29 is 23.0 Å². The highest BCUT2D eigenvalue weighted by Crippen LogP contribution is 2.32. The van der Waals surface area contributed by atoms with Gasteiger partial charge in [-0.05, 0) is 49.7 Å². The van der Waals surface area contributed by atoms with E-state index in [0.717, 1.165) is 25.3 Å². The lowest BCUT2D eigenvalue weighted by molar-refractivity contribution is -0.137. The molecular weight excluding hydrogens is 384 g/mol. The van der Waals surface area contributed by atoms with Crippen LogP contribution in [0.15, 0.2) is 48.9 Å². The topological polar surface area (TPSA) is 79.2 Å². The minimum absolute atomic E-state index is 0.148. The molecule has 2 aromatic carbocycles. The fourth-order valence-electron chi connectivity index (χ4n) is 2.75. The van der Waals surface area contributed by atoms with Gasteiger partial charge in [-0.25, -0.2) is 4.98 Å². The van der Waals surface area contributed by atoms with E-state index >= 15 is 0 Å². The highest BCUT2D eigenvalue weighted by atomic mass is 19.4. The van der Waals surface area contributed by atoms with Crippen molar-refractivity contribution in [2.75, 3.05) is 10.5 Å². The highest BCUT2D eigenvalue weighted by molar-refractivity contribution is 6.31. The van der Waals surface area contributed by atoms with Crippen molar-refractivity contribution in [3.63, 3.8) is 0 Å². The third-order valence-electron chi connectivity index (χ3n) is 4.23. The molecule has 1 radical (unpaired) electrons. The molecule has 1 heterocycles.